The number of hydrogen-bond acceptors (Lipinski definition) is 5. The fraction of sp³-hybridized carbons (Fsp3) is 0.895. The summed E-state index contributed by atoms with van der Waals surface area (Å²) >= 11 is 0. The number of hydrogen-bond donors (Lipinski definition) is 0. The van der Waals surface area contributed by atoms with E-state index in [1.807, 2.05) is 0 Å². The summed E-state index contributed by atoms with van der Waals surface area (Å²) in [4.78, 5) is 18.6. The number of ether oxygens (including phenoxy) is 1. The van der Waals surface area contributed by atoms with Crippen LogP contribution in [0.2, 0.25) is 0 Å². The van der Waals surface area contributed by atoms with Gasteiger partial charge in [0.1, 0.15) is 12.1 Å². The summed E-state index contributed by atoms with van der Waals surface area (Å²) in [5.41, 5.74) is -0.659. The highest BCUT2D eigenvalue weighted by Crippen LogP contribution is 2.32. The van der Waals surface area contributed by atoms with Gasteiger partial charge in [0, 0.05) is 46.4 Å². The Labute approximate surface area is 165 Å². The maximum absolute atomic E-state index is 12.7. The molecule has 0 bridgehead atoms. The van der Waals surface area contributed by atoms with E-state index in [1.54, 1.807) is 11.9 Å². The number of alkyl halides is 3. The first kappa shape index (κ1) is 22.9. The fourth-order valence-corrected chi connectivity index (χ4v) is 3.94. The molecule has 0 N–H and O–H groups in total. The predicted octanol–water partition coefficient (Wildman–Crippen LogP) is 2.26. The largest absolute Gasteiger partial charge is 0.411 e. The second-order valence-corrected chi connectivity index (χ2v) is 7.80. The summed E-state index contributed by atoms with van der Waals surface area (Å²) < 4.78 is 40.7. The molecule has 1 saturated heterocycles. The summed E-state index contributed by atoms with van der Waals surface area (Å²) in [6.07, 6.45) is 0.864. The molecular formula is C19H31F3N4O2. The zero-order valence-electron chi connectivity index (χ0n) is 16.6. The van der Waals surface area contributed by atoms with Crippen molar-refractivity contribution < 1.29 is 22.7 Å². The predicted molar refractivity (Wildman–Crippen MR) is 98.6 cm³/mol. The van der Waals surface area contributed by atoms with Crippen LogP contribution in [0.5, 0.6) is 0 Å². The molecule has 1 heterocycles. The van der Waals surface area contributed by atoms with Crippen LogP contribution >= 0.6 is 0 Å². The zero-order valence-corrected chi connectivity index (χ0v) is 16.6. The number of amides is 1. The molecule has 1 aliphatic heterocycles. The lowest BCUT2D eigenvalue weighted by molar-refractivity contribution is -0.174. The molecule has 1 aliphatic carbocycles. The van der Waals surface area contributed by atoms with Crippen LogP contribution in [-0.4, -0.2) is 91.9 Å². The smallest absolute Gasteiger partial charge is 0.372 e. The highest BCUT2D eigenvalue weighted by atomic mass is 19.4. The number of halogens is 3. The zero-order chi connectivity index (χ0) is 20.6. The van der Waals surface area contributed by atoms with Gasteiger partial charge in [-0.3, -0.25) is 9.69 Å². The Morgan fingerprint density at radius 2 is 1.75 bits per heavy atom. The van der Waals surface area contributed by atoms with Crippen LogP contribution in [0.1, 0.15) is 38.5 Å². The topological polar surface area (TPSA) is 59.8 Å². The maximum Gasteiger partial charge on any atom is 0.411 e. The third-order valence-corrected chi connectivity index (χ3v) is 5.76. The summed E-state index contributed by atoms with van der Waals surface area (Å²) in [5, 5.41) is 9.63. The van der Waals surface area contributed by atoms with Crippen LogP contribution < -0.4 is 0 Å². The number of carbonyl (C=O) groups excluding carboxylic acids is 1. The highest BCUT2D eigenvalue weighted by Gasteiger charge is 2.39. The molecule has 2 fully saturated rings. The van der Waals surface area contributed by atoms with Crippen molar-refractivity contribution in [2.45, 2.75) is 50.2 Å². The lowest BCUT2D eigenvalue weighted by Gasteiger charge is -2.41. The molecule has 0 spiro atoms. The average molecular weight is 404 g/mol. The lowest BCUT2D eigenvalue weighted by Crippen LogP contribution is -2.55. The van der Waals surface area contributed by atoms with E-state index in [0.29, 0.717) is 19.5 Å². The molecule has 0 radical (unpaired) electrons. The Morgan fingerprint density at radius 1 is 1.14 bits per heavy atom. The molecule has 160 valence electrons. The van der Waals surface area contributed by atoms with Crippen LogP contribution in [0.4, 0.5) is 13.2 Å². The molecule has 9 heteroatoms. The number of nitriles is 1. The van der Waals surface area contributed by atoms with E-state index in [2.05, 4.69) is 20.6 Å². The normalized spacial score (nSPS) is 21.2. The molecule has 0 aromatic rings. The molecule has 0 atom stereocenters. The van der Waals surface area contributed by atoms with Crippen molar-refractivity contribution in [3.05, 3.63) is 0 Å². The van der Waals surface area contributed by atoms with E-state index in [0.717, 1.165) is 58.3 Å². The molecule has 1 saturated carbocycles. The van der Waals surface area contributed by atoms with Crippen LogP contribution in [0, 0.1) is 11.3 Å². The van der Waals surface area contributed by atoms with Crippen molar-refractivity contribution in [3.63, 3.8) is 0 Å². The van der Waals surface area contributed by atoms with Gasteiger partial charge in [-0.2, -0.15) is 18.4 Å². The van der Waals surface area contributed by atoms with Crippen molar-refractivity contribution in [1.82, 2.24) is 14.7 Å². The van der Waals surface area contributed by atoms with E-state index in [1.165, 1.54) is 0 Å². The molecule has 2 rings (SSSR count). The van der Waals surface area contributed by atoms with Gasteiger partial charge >= 0.3 is 6.18 Å². The van der Waals surface area contributed by atoms with Gasteiger partial charge in [-0.15, -0.1) is 0 Å². The minimum Gasteiger partial charge on any atom is -0.372 e. The van der Waals surface area contributed by atoms with Crippen LogP contribution in [0.25, 0.3) is 0 Å². The number of nitrogens with zero attached hydrogens (tertiary/aromatic N) is 4. The van der Waals surface area contributed by atoms with Gasteiger partial charge in [0.2, 0.25) is 5.91 Å². The number of piperazine rings is 1. The third kappa shape index (κ3) is 6.90. The Balaban J connectivity index is 1.66. The summed E-state index contributed by atoms with van der Waals surface area (Å²) in [6, 6.07) is 2.38. The third-order valence-electron chi connectivity index (χ3n) is 5.76. The molecule has 2 aliphatic rings. The van der Waals surface area contributed by atoms with Gasteiger partial charge in [0.05, 0.1) is 12.6 Å². The lowest BCUT2D eigenvalue weighted by atomic mass is 9.81. The fourth-order valence-electron chi connectivity index (χ4n) is 3.94. The first-order valence-electron chi connectivity index (χ1n) is 10.0. The number of rotatable bonds is 8. The molecule has 6 nitrogen and oxygen atoms in total. The van der Waals surface area contributed by atoms with Crippen molar-refractivity contribution in [2.75, 3.05) is 59.5 Å². The number of likely N-dealkylation sites (N-methyl/N-ethyl adjacent to an activating group) is 1. The Kier molecular flexibility index (Phi) is 8.53. The van der Waals surface area contributed by atoms with Gasteiger partial charge < -0.3 is 14.5 Å². The van der Waals surface area contributed by atoms with Gasteiger partial charge in [-0.05, 0) is 19.3 Å². The van der Waals surface area contributed by atoms with Crippen LogP contribution in [0.15, 0.2) is 0 Å². The molecule has 0 aromatic carbocycles. The van der Waals surface area contributed by atoms with Crippen molar-refractivity contribution >= 4 is 5.91 Å². The van der Waals surface area contributed by atoms with Gasteiger partial charge in [-0.1, -0.05) is 19.3 Å². The van der Waals surface area contributed by atoms with Gasteiger partial charge in [0.25, 0.3) is 0 Å². The van der Waals surface area contributed by atoms with Gasteiger partial charge in [0.15, 0.2) is 0 Å². The van der Waals surface area contributed by atoms with Gasteiger partial charge in [-0.25, -0.2) is 0 Å². The minimum absolute atomic E-state index is 0.0162. The van der Waals surface area contributed by atoms with E-state index in [4.69, 9.17) is 0 Å². The Bertz CT molecular complexity index is 536. The monoisotopic (exact) mass is 404 g/mol. The Hall–Kier alpha value is -1.37. The van der Waals surface area contributed by atoms with E-state index in [-0.39, 0.29) is 12.5 Å². The summed E-state index contributed by atoms with van der Waals surface area (Å²) in [7, 11) is 1.74. The Morgan fingerprint density at radius 3 is 2.32 bits per heavy atom. The number of carbonyl (C=O) groups is 1. The second-order valence-electron chi connectivity index (χ2n) is 7.80. The van der Waals surface area contributed by atoms with Crippen molar-refractivity contribution in [1.29, 1.82) is 5.26 Å². The standard InChI is InChI=1S/C19H31F3N4O2/c1-24(18(15-23)6-3-2-4-7-18)17(27)14-26-11-9-25(10-12-26)8-5-13-28-16-19(20,21)22/h2-14,16H2,1H3. The molecule has 0 unspecified atom stereocenters. The quantitative estimate of drug-likeness (QED) is 0.581. The van der Waals surface area contributed by atoms with Crippen LogP contribution in [0.3, 0.4) is 0 Å². The second kappa shape index (κ2) is 10.4. The highest BCUT2D eigenvalue weighted by molar-refractivity contribution is 5.79. The minimum atomic E-state index is -4.27. The van der Waals surface area contributed by atoms with Crippen molar-refractivity contribution in [3.8, 4) is 6.07 Å². The van der Waals surface area contributed by atoms with E-state index in [9.17, 15) is 23.2 Å². The average Bonchev–Trinajstić information content (AvgIpc) is 2.68. The molecule has 28 heavy (non-hydrogen) atoms. The van der Waals surface area contributed by atoms with E-state index < -0.39 is 18.3 Å². The van der Waals surface area contributed by atoms with Crippen molar-refractivity contribution in [2.24, 2.45) is 0 Å². The molecule has 0 aromatic heterocycles. The SMILES string of the molecule is CN(C(=O)CN1CCN(CCCOCC(F)(F)F)CC1)C1(C#N)CCCCC1. The summed E-state index contributed by atoms with van der Waals surface area (Å²) in [5.74, 6) is -0.0162. The molecular weight excluding hydrogens is 373 g/mol. The van der Waals surface area contributed by atoms with Crippen LogP contribution in [-0.2, 0) is 9.53 Å². The van der Waals surface area contributed by atoms with E-state index >= 15 is 0 Å². The molecule has 1 amide bonds. The summed E-state index contributed by atoms with van der Waals surface area (Å²) in [6.45, 7) is 2.93. The first-order chi connectivity index (χ1) is 13.3. The first-order valence-corrected chi connectivity index (χ1v) is 10.0. The maximum atomic E-state index is 12.7.